The topological polar surface area (TPSA) is 76.9 Å². The van der Waals surface area contributed by atoms with E-state index in [1.807, 2.05) is 66.1 Å². The van der Waals surface area contributed by atoms with E-state index >= 15 is 0 Å². The Kier molecular flexibility index (Phi) is 7.35. The van der Waals surface area contributed by atoms with Crippen molar-refractivity contribution >= 4 is 44.2 Å². The van der Waals surface area contributed by atoms with Gasteiger partial charge in [-0.25, -0.2) is 13.1 Å². The van der Waals surface area contributed by atoms with Crippen LogP contribution in [-0.4, -0.2) is 23.2 Å². The fraction of sp³-hybridized carbons (Fsp3) is 0.143. The van der Waals surface area contributed by atoms with Gasteiger partial charge < -0.3 is 0 Å². The third-order valence-electron chi connectivity index (χ3n) is 6.01. The second-order valence-electron chi connectivity index (χ2n) is 8.78. The van der Waals surface area contributed by atoms with Gasteiger partial charge in [-0.05, 0) is 60.0 Å². The number of sulfonamides is 1. The van der Waals surface area contributed by atoms with Gasteiger partial charge in [-0.3, -0.25) is 4.57 Å². The highest BCUT2D eigenvalue weighted by atomic mass is 35.5. The summed E-state index contributed by atoms with van der Waals surface area (Å²) in [6.45, 7) is 4.01. The van der Waals surface area contributed by atoms with Crippen LogP contribution in [0.3, 0.4) is 0 Å². The Bertz CT molecular complexity index is 1700. The first kappa shape index (κ1) is 25.5. The number of aryl methyl sites for hydroxylation is 2. The van der Waals surface area contributed by atoms with E-state index in [1.165, 1.54) is 22.9 Å². The van der Waals surface area contributed by atoms with Gasteiger partial charge in [0.2, 0.25) is 10.0 Å². The summed E-state index contributed by atoms with van der Waals surface area (Å²) in [6.07, 6.45) is 0. The van der Waals surface area contributed by atoms with Crippen LogP contribution < -0.4 is 4.72 Å². The minimum Gasteiger partial charge on any atom is -0.273 e. The molecular weight excluding hydrogens is 524 g/mol. The van der Waals surface area contributed by atoms with Crippen LogP contribution in [0, 0.1) is 13.8 Å². The first-order chi connectivity index (χ1) is 17.8. The van der Waals surface area contributed by atoms with Crippen molar-refractivity contribution < 1.29 is 8.42 Å². The molecule has 0 atom stereocenters. The summed E-state index contributed by atoms with van der Waals surface area (Å²) in [5.41, 5.74) is 4.14. The molecular formula is C28H25ClN4O2S2. The molecule has 6 nitrogen and oxygen atoms in total. The Morgan fingerprint density at radius 3 is 2.51 bits per heavy atom. The largest absolute Gasteiger partial charge is 0.273 e. The maximum absolute atomic E-state index is 13.2. The van der Waals surface area contributed by atoms with E-state index in [9.17, 15) is 8.42 Å². The molecule has 0 saturated heterocycles. The van der Waals surface area contributed by atoms with Gasteiger partial charge in [0, 0.05) is 10.8 Å². The molecule has 1 N–H and O–H groups in total. The molecule has 0 bridgehead atoms. The molecule has 0 saturated carbocycles. The van der Waals surface area contributed by atoms with Crippen molar-refractivity contribution in [3.8, 4) is 5.69 Å². The molecule has 1 aromatic heterocycles. The Labute approximate surface area is 225 Å². The lowest BCUT2D eigenvalue weighted by Gasteiger charge is -2.14. The molecule has 9 heteroatoms. The normalized spacial score (nSPS) is 11.8. The highest BCUT2D eigenvalue weighted by Crippen LogP contribution is 2.29. The number of hydrogen-bond acceptors (Lipinski definition) is 5. The van der Waals surface area contributed by atoms with Crippen LogP contribution in [0.2, 0.25) is 5.02 Å². The summed E-state index contributed by atoms with van der Waals surface area (Å²) in [7, 11) is -3.78. The maximum Gasteiger partial charge on any atom is 0.240 e. The van der Waals surface area contributed by atoms with Crippen molar-refractivity contribution in [3.05, 3.63) is 112 Å². The minimum atomic E-state index is -3.78. The Morgan fingerprint density at radius 1 is 0.892 bits per heavy atom. The van der Waals surface area contributed by atoms with E-state index in [0.717, 1.165) is 22.0 Å². The lowest BCUT2D eigenvalue weighted by Crippen LogP contribution is -2.25. The van der Waals surface area contributed by atoms with Gasteiger partial charge in [-0.1, -0.05) is 89.6 Å². The van der Waals surface area contributed by atoms with E-state index in [1.54, 1.807) is 12.1 Å². The van der Waals surface area contributed by atoms with Crippen molar-refractivity contribution in [2.75, 3.05) is 0 Å². The zero-order valence-corrected chi connectivity index (χ0v) is 22.7. The number of rotatable bonds is 8. The van der Waals surface area contributed by atoms with Crippen LogP contribution in [0.15, 0.2) is 95.0 Å². The van der Waals surface area contributed by atoms with Gasteiger partial charge in [0.05, 0.1) is 17.1 Å². The van der Waals surface area contributed by atoms with Crippen molar-refractivity contribution in [3.63, 3.8) is 0 Å². The number of halogens is 1. The van der Waals surface area contributed by atoms with Crippen LogP contribution in [0.1, 0.15) is 22.5 Å². The molecule has 188 valence electrons. The number of hydrogen-bond donors (Lipinski definition) is 1. The van der Waals surface area contributed by atoms with Gasteiger partial charge in [0.15, 0.2) is 11.0 Å². The van der Waals surface area contributed by atoms with Crippen LogP contribution in [0.25, 0.3) is 16.5 Å². The molecule has 5 rings (SSSR count). The van der Waals surface area contributed by atoms with Crippen LogP contribution in [0.5, 0.6) is 0 Å². The molecule has 0 fully saturated rings. The first-order valence-corrected chi connectivity index (χ1v) is 14.5. The molecule has 37 heavy (non-hydrogen) atoms. The number of nitrogens with one attached hydrogen (secondary N) is 1. The van der Waals surface area contributed by atoms with Crippen LogP contribution >= 0.6 is 23.4 Å². The molecule has 0 aliphatic heterocycles. The SMILES string of the molecule is Cc1cccc(CSc2nnc(CNS(=O)(=O)c3ccc4ccccc4c3)n2-c2cc(Cl)ccc2C)c1. The van der Waals surface area contributed by atoms with E-state index in [0.29, 0.717) is 21.8 Å². The zero-order chi connectivity index (χ0) is 26.0. The highest BCUT2D eigenvalue weighted by Gasteiger charge is 2.20. The molecule has 0 radical (unpaired) electrons. The van der Waals surface area contributed by atoms with Gasteiger partial charge >= 0.3 is 0 Å². The predicted octanol–water partition coefficient (Wildman–Crippen LogP) is 6.46. The van der Waals surface area contributed by atoms with E-state index in [2.05, 4.69) is 40.0 Å². The standard InChI is InChI=1S/C28H25ClN4O2S2/c1-19-6-5-7-21(14-19)18-36-28-32-31-27(33(28)26-16-24(29)12-10-20(26)2)17-30-37(34,35)25-13-11-22-8-3-4-9-23(22)15-25/h3-16,30H,17-18H2,1-2H3. The highest BCUT2D eigenvalue weighted by molar-refractivity contribution is 7.98. The number of aromatic nitrogens is 3. The number of nitrogens with zero attached hydrogens (tertiary/aromatic N) is 3. The van der Waals surface area contributed by atoms with Crippen LogP contribution in [0.4, 0.5) is 0 Å². The zero-order valence-electron chi connectivity index (χ0n) is 20.3. The van der Waals surface area contributed by atoms with E-state index < -0.39 is 10.0 Å². The Hall–Kier alpha value is -3.17. The second kappa shape index (κ2) is 10.7. The molecule has 0 aliphatic rings. The van der Waals surface area contributed by atoms with E-state index in [-0.39, 0.29) is 11.4 Å². The summed E-state index contributed by atoms with van der Waals surface area (Å²) < 4.78 is 30.9. The number of thioether (sulfide) groups is 1. The molecule has 0 aliphatic carbocycles. The third kappa shape index (κ3) is 5.72. The van der Waals surface area contributed by atoms with Crippen molar-refractivity contribution in [2.24, 2.45) is 0 Å². The predicted molar refractivity (Wildman–Crippen MR) is 150 cm³/mol. The third-order valence-corrected chi connectivity index (χ3v) is 8.65. The van der Waals surface area contributed by atoms with Gasteiger partial charge in [-0.15, -0.1) is 10.2 Å². The summed E-state index contributed by atoms with van der Waals surface area (Å²) in [5.74, 6) is 1.17. The summed E-state index contributed by atoms with van der Waals surface area (Å²) in [6, 6.07) is 26.6. The summed E-state index contributed by atoms with van der Waals surface area (Å²) >= 11 is 7.87. The Morgan fingerprint density at radius 2 is 1.70 bits per heavy atom. The fourth-order valence-corrected chi connectivity index (χ4v) is 6.19. The molecule has 4 aromatic carbocycles. The van der Waals surface area contributed by atoms with Crippen LogP contribution in [-0.2, 0) is 22.3 Å². The number of fused-ring (bicyclic) bond motifs is 1. The first-order valence-electron chi connectivity index (χ1n) is 11.7. The van der Waals surface area contributed by atoms with Gasteiger partial charge in [0.25, 0.3) is 0 Å². The van der Waals surface area contributed by atoms with Crippen molar-refractivity contribution in [1.29, 1.82) is 0 Å². The van der Waals surface area contributed by atoms with Gasteiger partial charge in [0.1, 0.15) is 0 Å². The number of benzene rings is 4. The fourth-order valence-electron chi connectivity index (χ4n) is 4.10. The molecule has 0 amide bonds. The second-order valence-corrected chi connectivity index (χ2v) is 11.9. The molecule has 0 unspecified atom stereocenters. The molecule has 1 heterocycles. The van der Waals surface area contributed by atoms with Crippen molar-refractivity contribution in [1.82, 2.24) is 19.5 Å². The lowest BCUT2D eigenvalue weighted by atomic mass is 10.1. The maximum atomic E-state index is 13.2. The van der Waals surface area contributed by atoms with Crippen molar-refractivity contribution in [2.45, 2.75) is 36.2 Å². The Balaban J connectivity index is 1.45. The van der Waals surface area contributed by atoms with E-state index in [4.69, 9.17) is 11.6 Å². The monoisotopic (exact) mass is 548 g/mol. The summed E-state index contributed by atoms with van der Waals surface area (Å²) in [5, 5.41) is 11.8. The van der Waals surface area contributed by atoms with Gasteiger partial charge in [-0.2, -0.15) is 0 Å². The average Bonchev–Trinajstić information content (AvgIpc) is 3.30. The smallest absolute Gasteiger partial charge is 0.240 e. The lowest BCUT2D eigenvalue weighted by molar-refractivity contribution is 0.578. The quantitative estimate of drug-likeness (QED) is 0.225. The molecule has 0 spiro atoms. The molecule has 5 aromatic rings. The average molecular weight is 549 g/mol. The minimum absolute atomic E-state index is 0.0287. The summed E-state index contributed by atoms with van der Waals surface area (Å²) in [4.78, 5) is 0.199.